The summed E-state index contributed by atoms with van der Waals surface area (Å²) in [6.07, 6.45) is 1.06. The second kappa shape index (κ2) is 5.14. The Morgan fingerprint density at radius 3 is 2.74 bits per heavy atom. The average Bonchev–Trinajstić information content (AvgIpc) is 2.46. The molecule has 2 aromatic carbocycles. The van der Waals surface area contributed by atoms with Gasteiger partial charge in [-0.2, -0.15) is 0 Å². The number of rotatable bonds is 2. The third-order valence-corrected chi connectivity index (χ3v) is 3.70. The normalized spacial score (nSPS) is 17.3. The molecule has 1 aliphatic rings. The van der Waals surface area contributed by atoms with Crippen molar-refractivity contribution < 1.29 is 4.74 Å². The Morgan fingerprint density at radius 2 is 2.00 bits per heavy atom. The van der Waals surface area contributed by atoms with Crippen LogP contribution in [-0.4, -0.2) is 6.61 Å². The summed E-state index contributed by atoms with van der Waals surface area (Å²) >= 11 is 6.01. The lowest BCUT2D eigenvalue weighted by molar-refractivity contribution is 0.286. The predicted molar refractivity (Wildman–Crippen MR) is 79.1 cm³/mol. The topological polar surface area (TPSA) is 21.3 Å². The monoisotopic (exact) mass is 273 g/mol. The van der Waals surface area contributed by atoms with Crippen LogP contribution in [0.15, 0.2) is 42.5 Å². The fourth-order valence-corrected chi connectivity index (χ4v) is 2.48. The number of fused-ring (bicyclic) bond motifs is 1. The summed E-state index contributed by atoms with van der Waals surface area (Å²) in [6, 6.07) is 14.5. The lowest BCUT2D eigenvalue weighted by atomic mass is 10.0. The van der Waals surface area contributed by atoms with Gasteiger partial charge in [-0.15, -0.1) is 0 Å². The second-order valence-electron chi connectivity index (χ2n) is 4.74. The summed E-state index contributed by atoms with van der Waals surface area (Å²) < 4.78 is 5.78. The number of hydrogen-bond donors (Lipinski definition) is 1. The highest BCUT2D eigenvalue weighted by Gasteiger charge is 2.20. The number of hydrogen-bond acceptors (Lipinski definition) is 2. The van der Waals surface area contributed by atoms with Crippen molar-refractivity contribution >= 4 is 17.3 Å². The molecular weight excluding hydrogens is 258 g/mol. The van der Waals surface area contributed by atoms with Crippen molar-refractivity contribution in [1.29, 1.82) is 0 Å². The van der Waals surface area contributed by atoms with Crippen molar-refractivity contribution in [1.82, 2.24) is 0 Å². The molecule has 0 fully saturated rings. The number of halogens is 1. The van der Waals surface area contributed by atoms with Crippen LogP contribution in [0.5, 0.6) is 5.75 Å². The molecule has 0 saturated heterocycles. The minimum Gasteiger partial charge on any atom is -0.489 e. The van der Waals surface area contributed by atoms with Crippen LogP contribution in [0, 0.1) is 0 Å². The first kappa shape index (κ1) is 12.4. The molecule has 19 heavy (non-hydrogen) atoms. The molecule has 0 aliphatic carbocycles. The van der Waals surface area contributed by atoms with Gasteiger partial charge in [0.1, 0.15) is 12.4 Å². The molecule has 1 atom stereocenters. The summed E-state index contributed by atoms with van der Waals surface area (Å²) in [5.41, 5.74) is 3.55. The van der Waals surface area contributed by atoms with Crippen LogP contribution in [0.3, 0.4) is 0 Å². The van der Waals surface area contributed by atoms with E-state index in [4.69, 9.17) is 16.3 Å². The molecule has 1 heterocycles. The van der Waals surface area contributed by atoms with Crippen LogP contribution in [0.1, 0.15) is 24.1 Å². The fourth-order valence-electron chi connectivity index (χ4n) is 2.31. The Bertz CT molecular complexity index is 580. The summed E-state index contributed by atoms with van der Waals surface area (Å²) in [5, 5.41) is 4.20. The molecule has 1 N–H and O–H groups in total. The molecule has 0 bridgehead atoms. The van der Waals surface area contributed by atoms with Gasteiger partial charge >= 0.3 is 0 Å². The average molecular weight is 274 g/mol. The van der Waals surface area contributed by atoms with E-state index in [-0.39, 0.29) is 6.04 Å². The Labute approximate surface area is 118 Å². The fraction of sp³-hybridized carbons (Fsp3) is 0.250. The van der Waals surface area contributed by atoms with E-state index in [1.807, 2.05) is 18.2 Å². The minimum absolute atomic E-state index is 0.178. The van der Waals surface area contributed by atoms with Gasteiger partial charge in [-0.05, 0) is 35.7 Å². The zero-order valence-electron chi connectivity index (χ0n) is 10.8. The largest absolute Gasteiger partial charge is 0.489 e. The number of aryl methyl sites for hydroxylation is 1. The first-order valence-electron chi connectivity index (χ1n) is 6.54. The van der Waals surface area contributed by atoms with E-state index in [2.05, 4.69) is 36.5 Å². The zero-order valence-corrected chi connectivity index (χ0v) is 11.6. The van der Waals surface area contributed by atoms with Gasteiger partial charge in [0.2, 0.25) is 0 Å². The maximum Gasteiger partial charge on any atom is 0.142 e. The van der Waals surface area contributed by atoms with Gasteiger partial charge in [0.15, 0.2) is 0 Å². The van der Waals surface area contributed by atoms with Crippen molar-refractivity contribution in [3.05, 3.63) is 58.6 Å². The standard InChI is InChI=1S/C16H16ClNO/c1-2-11-3-5-12(6-4-11)15-10-19-16-8-7-13(17)9-14(16)18-15/h3-9,15,18H,2,10H2,1H3/t15-/m1/s1. The molecule has 0 amide bonds. The molecule has 0 spiro atoms. The van der Waals surface area contributed by atoms with Gasteiger partial charge in [0.05, 0.1) is 11.7 Å². The van der Waals surface area contributed by atoms with E-state index < -0.39 is 0 Å². The lowest BCUT2D eigenvalue weighted by Gasteiger charge is -2.28. The minimum atomic E-state index is 0.178. The summed E-state index contributed by atoms with van der Waals surface area (Å²) in [6.45, 7) is 2.80. The first-order valence-corrected chi connectivity index (χ1v) is 6.92. The molecule has 0 unspecified atom stereocenters. The van der Waals surface area contributed by atoms with Gasteiger partial charge in [-0.25, -0.2) is 0 Å². The Kier molecular flexibility index (Phi) is 3.34. The van der Waals surface area contributed by atoms with Crippen LogP contribution < -0.4 is 10.1 Å². The number of ether oxygens (including phenoxy) is 1. The third kappa shape index (κ3) is 2.54. The summed E-state index contributed by atoms with van der Waals surface area (Å²) in [4.78, 5) is 0. The van der Waals surface area contributed by atoms with Crippen LogP contribution in [0.4, 0.5) is 5.69 Å². The third-order valence-electron chi connectivity index (χ3n) is 3.47. The van der Waals surface area contributed by atoms with E-state index in [1.54, 1.807) is 0 Å². The van der Waals surface area contributed by atoms with Crippen molar-refractivity contribution in [3.63, 3.8) is 0 Å². The summed E-state index contributed by atoms with van der Waals surface area (Å²) in [7, 11) is 0. The van der Waals surface area contributed by atoms with Gasteiger partial charge in [-0.3, -0.25) is 0 Å². The highest BCUT2D eigenvalue weighted by atomic mass is 35.5. The van der Waals surface area contributed by atoms with Crippen molar-refractivity contribution in [2.24, 2.45) is 0 Å². The van der Waals surface area contributed by atoms with E-state index in [1.165, 1.54) is 11.1 Å². The van der Waals surface area contributed by atoms with Crippen LogP contribution >= 0.6 is 11.6 Å². The van der Waals surface area contributed by atoms with E-state index in [0.717, 1.165) is 22.9 Å². The molecule has 2 nitrogen and oxygen atoms in total. The summed E-state index contributed by atoms with van der Waals surface area (Å²) in [5.74, 6) is 0.867. The Morgan fingerprint density at radius 1 is 1.21 bits per heavy atom. The first-order chi connectivity index (χ1) is 9.26. The molecule has 0 saturated carbocycles. The van der Waals surface area contributed by atoms with Gasteiger partial charge in [0, 0.05) is 5.02 Å². The Hall–Kier alpha value is -1.67. The van der Waals surface area contributed by atoms with Crippen molar-refractivity contribution in [2.45, 2.75) is 19.4 Å². The Balaban J connectivity index is 1.84. The molecule has 3 rings (SSSR count). The predicted octanol–water partition coefficient (Wildman–Crippen LogP) is 4.45. The lowest BCUT2D eigenvalue weighted by Crippen LogP contribution is -2.23. The van der Waals surface area contributed by atoms with Crippen LogP contribution in [0.25, 0.3) is 0 Å². The van der Waals surface area contributed by atoms with E-state index in [0.29, 0.717) is 6.61 Å². The molecule has 0 aromatic heterocycles. The molecular formula is C16H16ClNO. The molecule has 98 valence electrons. The van der Waals surface area contributed by atoms with Crippen molar-refractivity contribution in [2.75, 3.05) is 11.9 Å². The quantitative estimate of drug-likeness (QED) is 0.873. The SMILES string of the molecule is CCc1ccc([C@H]2COc3ccc(Cl)cc3N2)cc1. The van der Waals surface area contributed by atoms with Gasteiger partial charge in [0.25, 0.3) is 0 Å². The maximum atomic E-state index is 6.01. The molecule has 0 radical (unpaired) electrons. The highest BCUT2D eigenvalue weighted by Crippen LogP contribution is 2.35. The van der Waals surface area contributed by atoms with Gasteiger partial charge in [-0.1, -0.05) is 42.8 Å². The molecule has 2 aromatic rings. The second-order valence-corrected chi connectivity index (χ2v) is 5.18. The number of anilines is 1. The number of benzene rings is 2. The van der Waals surface area contributed by atoms with Crippen LogP contribution in [-0.2, 0) is 6.42 Å². The van der Waals surface area contributed by atoms with E-state index in [9.17, 15) is 0 Å². The van der Waals surface area contributed by atoms with Crippen molar-refractivity contribution in [3.8, 4) is 5.75 Å². The van der Waals surface area contributed by atoms with Gasteiger partial charge < -0.3 is 10.1 Å². The molecule has 1 aliphatic heterocycles. The number of nitrogens with one attached hydrogen (secondary N) is 1. The molecule has 3 heteroatoms. The maximum absolute atomic E-state index is 6.01. The smallest absolute Gasteiger partial charge is 0.142 e. The van der Waals surface area contributed by atoms with E-state index >= 15 is 0 Å². The van der Waals surface area contributed by atoms with Crippen LogP contribution in [0.2, 0.25) is 5.02 Å². The highest BCUT2D eigenvalue weighted by molar-refractivity contribution is 6.30. The zero-order chi connectivity index (χ0) is 13.2.